The van der Waals surface area contributed by atoms with Crippen LogP contribution in [0.4, 0.5) is 0 Å². The molecule has 86 valence electrons. The van der Waals surface area contributed by atoms with Gasteiger partial charge in [-0.3, -0.25) is 9.59 Å². The van der Waals surface area contributed by atoms with Crippen LogP contribution in [0.2, 0.25) is 0 Å². The van der Waals surface area contributed by atoms with Gasteiger partial charge in [0, 0.05) is 7.05 Å². The van der Waals surface area contributed by atoms with Gasteiger partial charge in [0.1, 0.15) is 6.54 Å². The van der Waals surface area contributed by atoms with Crippen LogP contribution in [0.3, 0.4) is 0 Å². The maximum atomic E-state index is 12.0. The lowest BCUT2D eigenvalue weighted by Gasteiger charge is -2.36. The minimum atomic E-state index is -0.981. The zero-order chi connectivity index (χ0) is 11.5. The number of likely N-dealkylation sites (N-methyl/N-ethyl adjacent to an activating group) is 1. The van der Waals surface area contributed by atoms with Crippen LogP contribution in [0.25, 0.3) is 0 Å². The molecule has 15 heavy (non-hydrogen) atoms. The molecule has 0 bridgehead atoms. The second-order valence-electron chi connectivity index (χ2n) is 4.27. The van der Waals surface area contributed by atoms with E-state index in [2.05, 4.69) is 5.32 Å². The molecule has 0 aliphatic carbocycles. The lowest BCUT2D eigenvalue weighted by Crippen LogP contribution is -2.57. The number of carboxylic acids is 1. The van der Waals surface area contributed by atoms with Crippen LogP contribution in [0.5, 0.6) is 0 Å². The van der Waals surface area contributed by atoms with Crippen LogP contribution in [0, 0.1) is 0 Å². The van der Waals surface area contributed by atoms with E-state index in [1.54, 1.807) is 0 Å². The molecule has 0 aromatic carbocycles. The van der Waals surface area contributed by atoms with Gasteiger partial charge in [-0.25, -0.2) is 0 Å². The monoisotopic (exact) mass is 214 g/mol. The van der Waals surface area contributed by atoms with Crippen molar-refractivity contribution in [1.82, 2.24) is 10.2 Å². The molecule has 5 heteroatoms. The van der Waals surface area contributed by atoms with Crippen molar-refractivity contribution in [2.75, 3.05) is 20.1 Å². The minimum Gasteiger partial charge on any atom is -0.480 e. The summed E-state index contributed by atoms with van der Waals surface area (Å²) in [5, 5.41) is 11.8. The third kappa shape index (κ3) is 2.92. The predicted molar refractivity (Wildman–Crippen MR) is 55.5 cm³/mol. The van der Waals surface area contributed by atoms with Crippen LogP contribution >= 0.6 is 0 Å². The van der Waals surface area contributed by atoms with E-state index in [1.807, 2.05) is 6.92 Å². The van der Waals surface area contributed by atoms with Gasteiger partial charge in [0.2, 0.25) is 5.91 Å². The standard InChI is InChI=1S/C10H18N2O3/c1-10(5-3-4-6-11-10)9(15)12(2)7-8(13)14/h11H,3-7H2,1-2H3,(H,13,14). The molecular weight excluding hydrogens is 196 g/mol. The summed E-state index contributed by atoms with van der Waals surface area (Å²) < 4.78 is 0. The van der Waals surface area contributed by atoms with Crippen molar-refractivity contribution in [2.24, 2.45) is 0 Å². The largest absolute Gasteiger partial charge is 0.480 e. The van der Waals surface area contributed by atoms with Gasteiger partial charge in [0.25, 0.3) is 0 Å². The average molecular weight is 214 g/mol. The summed E-state index contributed by atoms with van der Waals surface area (Å²) in [6, 6.07) is 0. The Hall–Kier alpha value is -1.10. The van der Waals surface area contributed by atoms with Gasteiger partial charge >= 0.3 is 5.97 Å². The van der Waals surface area contributed by atoms with Gasteiger partial charge in [-0.05, 0) is 32.7 Å². The Morgan fingerprint density at radius 1 is 1.47 bits per heavy atom. The van der Waals surface area contributed by atoms with Gasteiger partial charge in [-0.2, -0.15) is 0 Å². The highest BCUT2D eigenvalue weighted by Crippen LogP contribution is 2.20. The van der Waals surface area contributed by atoms with Gasteiger partial charge in [0.05, 0.1) is 5.54 Å². The van der Waals surface area contributed by atoms with Crippen molar-refractivity contribution in [2.45, 2.75) is 31.7 Å². The number of rotatable bonds is 3. The molecule has 0 aromatic heterocycles. The first-order valence-electron chi connectivity index (χ1n) is 5.18. The predicted octanol–water partition coefficient (Wildman–Crippen LogP) is 0.0616. The van der Waals surface area contributed by atoms with Crippen LogP contribution < -0.4 is 5.32 Å². The molecule has 1 aliphatic heterocycles. The van der Waals surface area contributed by atoms with E-state index in [0.29, 0.717) is 0 Å². The van der Waals surface area contributed by atoms with Crippen molar-refractivity contribution in [3.05, 3.63) is 0 Å². The Kier molecular flexibility index (Phi) is 3.68. The Balaban J connectivity index is 2.61. The maximum absolute atomic E-state index is 12.0. The first kappa shape index (κ1) is 12.0. The van der Waals surface area contributed by atoms with E-state index in [1.165, 1.54) is 11.9 Å². The van der Waals surface area contributed by atoms with Crippen LogP contribution in [0.1, 0.15) is 26.2 Å². The molecule has 1 amide bonds. The fourth-order valence-electron chi connectivity index (χ4n) is 1.93. The molecular formula is C10H18N2O3. The molecule has 1 heterocycles. The second kappa shape index (κ2) is 4.61. The summed E-state index contributed by atoms with van der Waals surface area (Å²) in [6.45, 7) is 2.42. The number of hydrogen-bond acceptors (Lipinski definition) is 3. The third-order valence-electron chi connectivity index (χ3n) is 2.81. The quantitative estimate of drug-likeness (QED) is 0.697. The molecule has 1 saturated heterocycles. The van der Waals surface area contributed by atoms with E-state index in [9.17, 15) is 9.59 Å². The third-order valence-corrected chi connectivity index (χ3v) is 2.81. The molecule has 1 atom stereocenters. The molecule has 1 fully saturated rings. The second-order valence-corrected chi connectivity index (χ2v) is 4.27. The summed E-state index contributed by atoms with van der Waals surface area (Å²) in [5.74, 6) is -1.12. The lowest BCUT2D eigenvalue weighted by atomic mass is 9.89. The average Bonchev–Trinajstić information content (AvgIpc) is 2.16. The van der Waals surface area contributed by atoms with E-state index in [0.717, 1.165) is 25.8 Å². The highest BCUT2D eigenvalue weighted by Gasteiger charge is 2.36. The smallest absolute Gasteiger partial charge is 0.323 e. The zero-order valence-corrected chi connectivity index (χ0v) is 9.25. The summed E-state index contributed by atoms with van der Waals surface area (Å²) >= 11 is 0. The normalized spacial score (nSPS) is 26.0. The lowest BCUT2D eigenvalue weighted by molar-refractivity contribution is -0.146. The number of nitrogens with zero attached hydrogens (tertiary/aromatic N) is 1. The highest BCUT2D eigenvalue weighted by molar-refractivity contribution is 5.88. The molecule has 0 saturated carbocycles. The Bertz CT molecular complexity index is 259. The highest BCUT2D eigenvalue weighted by atomic mass is 16.4. The first-order chi connectivity index (χ1) is 6.96. The van der Waals surface area contributed by atoms with E-state index >= 15 is 0 Å². The minimum absolute atomic E-state index is 0.135. The maximum Gasteiger partial charge on any atom is 0.323 e. The number of carbonyl (C=O) groups excluding carboxylic acids is 1. The number of aliphatic carboxylic acids is 1. The summed E-state index contributed by atoms with van der Waals surface area (Å²) in [7, 11) is 1.53. The summed E-state index contributed by atoms with van der Waals surface area (Å²) in [6.07, 6.45) is 2.86. The van der Waals surface area contributed by atoms with E-state index in [4.69, 9.17) is 5.11 Å². The summed E-state index contributed by atoms with van der Waals surface area (Å²) in [4.78, 5) is 23.7. The van der Waals surface area contributed by atoms with Crippen LogP contribution in [-0.4, -0.2) is 47.6 Å². The molecule has 0 radical (unpaired) electrons. The van der Waals surface area contributed by atoms with E-state index < -0.39 is 11.5 Å². The Labute approximate surface area is 89.4 Å². The zero-order valence-electron chi connectivity index (χ0n) is 9.25. The molecule has 1 rings (SSSR count). The molecule has 1 aliphatic rings. The van der Waals surface area contributed by atoms with Crippen molar-refractivity contribution in [3.63, 3.8) is 0 Å². The van der Waals surface area contributed by atoms with E-state index in [-0.39, 0.29) is 12.5 Å². The molecule has 2 N–H and O–H groups in total. The van der Waals surface area contributed by atoms with Crippen molar-refractivity contribution in [3.8, 4) is 0 Å². The molecule has 5 nitrogen and oxygen atoms in total. The number of nitrogens with one attached hydrogen (secondary N) is 1. The number of piperidine rings is 1. The molecule has 0 aromatic rings. The van der Waals surface area contributed by atoms with Crippen LogP contribution in [0.15, 0.2) is 0 Å². The topological polar surface area (TPSA) is 69.6 Å². The molecule has 1 unspecified atom stereocenters. The van der Waals surface area contributed by atoms with Gasteiger partial charge in [-0.15, -0.1) is 0 Å². The fourth-order valence-corrected chi connectivity index (χ4v) is 1.93. The van der Waals surface area contributed by atoms with Gasteiger partial charge in [0.15, 0.2) is 0 Å². The van der Waals surface area contributed by atoms with Crippen molar-refractivity contribution >= 4 is 11.9 Å². The number of carbonyl (C=O) groups is 2. The number of hydrogen-bond donors (Lipinski definition) is 2. The Morgan fingerprint density at radius 3 is 2.60 bits per heavy atom. The first-order valence-corrected chi connectivity index (χ1v) is 5.18. The molecule has 0 spiro atoms. The number of amides is 1. The summed E-state index contributed by atoms with van der Waals surface area (Å²) in [5.41, 5.74) is -0.581. The van der Waals surface area contributed by atoms with Gasteiger partial charge in [-0.1, -0.05) is 0 Å². The van der Waals surface area contributed by atoms with Crippen LogP contribution in [-0.2, 0) is 9.59 Å². The number of carboxylic acid groups (broad SMARTS) is 1. The fraction of sp³-hybridized carbons (Fsp3) is 0.800. The Morgan fingerprint density at radius 2 is 2.13 bits per heavy atom. The van der Waals surface area contributed by atoms with Gasteiger partial charge < -0.3 is 15.3 Å². The SMILES string of the molecule is CN(CC(=O)O)C(=O)C1(C)CCCCN1. The van der Waals surface area contributed by atoms with Crippen molar-refractivity contribution < 1.29 is 14.7 Å². The van der Waals surface area contributed by atoms with Crippen molar-refractivity contribution in [1.29, 1.82) is 0 Å².